The molecule has 5 nitrogen and oxygen atoms in total. The quantitative estimate of drug-likeness (QED) is 0.606. The average molecular weight is 376 g/mol. The van der Waals surface area contributed by atoms with E-state index < -0.39 is 11.9 Å². The Hall–Kier alpha value is -1.83. The standard InChI is InChI=1S/C17H15BClNO4S/c1-23-16(21)15(11-4-2-3-5-12(11)19)20-7-6-13-10(9-20)8-14(25-13)24-17(18)22/h2-5,8,15H,6-7,9H2,1H3/t15-/m0/s1. The molecule has 8 heteroatoms. The van der Waals surface area contributed by atoms with Gasteiger partial charge in [0.05, 0.1) is 7.11 Å². The number of carbonyl (C=O) groups excluding carboxylic acids is 2. The maximum absolute atomic E-state index is 12.4. The number of thiophene rings is 1. The van der Waals surface area contributed by atoms with Gasteiger partial charge in [0.2, 0.25) is 13.7 Å². The number of esters is 1. The molecule has 2 heterocycles. The summed E-state index contributed by atoms with van der Waals surface area (Å²) in [7, 11) is 6.43. The molecule has 1 aliphatic heterocycles. The lowest BCUT2D eigenvalue weighted by Crippen LogP contribution is -2.38. The van der Waals surface area contributed by atoms with Crippen molar-refractivity contribution in [2.45, 2.75) is 19.0 Å². The van der Waals surface area contributed by atoms with E-state index >= 15 is 0 Å². The number of rotatable bonds is 4. The maximum Gasteiger partial charge on any atom is 0.327 e. The van der Waals surface area contributed by atoms with Crippen molar-refractivity contribution in [3.8, 4) is 5.06 Å². The molecule has 0 spiro atoms. The molecule has 0 bridgehead atoms. The van der Waals surface area contributed by atoms with Crippen molar-refractivity contribution in [1.82, 2.24) is 4.90 Å². The zero-order valence-corrected chi connectivity index (χ0v) is 15.1. The second kappa shape index (κ2) is 7.60. The fraction of sp³-hybridized carbons (Fsp3) is 0.294. The summed E-state index contributed by atoms with van der Waals surface area (Å²) in [5.41, 5.74) is 1.72. The monoisotopic (exact) mass is 375 g/mol. The van der Waals surface area contributed by atoms with Gasteiger partial charge in [-0.25, -0.2) is 4.79 Å². The van der Waals surface area contributed by atoms with Gasteiger partial charge in [0, 0.05) is 23.0 Å². The summed E-state index contributed by atoms with van der Waals surface area (Å²) in [5.74, 6) is -1.20. The number of nitrogens with zero attached hydrogens (tertiary/aromatic N) is 1. The predicted molar refractivity (Wildman–Crippen MR) is 96.4 cm³/mol. The Bertz CT molecular complexity index is 810. The second-order valence-corrected chi connectivity index (χ2v) is 7.11. The number of hydrogen-bond acceptors (Lipinski definition) is 6. The third-order valence-corrected chi connectivity index (χ3v) is 5.52. The van der Waals surface area contributed by atoms with Crippen molar-refractivity contribution in [2.24, 2.45) is 0 Å². The number of fused-ring (bicyclic) bond motifs is 1. The number of carbonyl (C=O) groups is 2. The molecule has 1 atom stereocenters. The Labute approximate surface area is 155 Å². The molecule has 25 heavy (non-hydrogen) atoms. The Balaban J connectivity index is 1.89. The van der Waals surface area contributed by atoms with Gasteiger partial charge in [-0.2, -0.15) is 0 Å². The highest BCUT2D eigenvalue weighted by atomic mass is 35.5. The van der Waals surface area contributed by atoms with Gasteiger partial charge < -0.3 is 9.47 Å². The molecule has 1 aliphatic rings. The summed E-state index contributed by atoms with van der Waals surface area (Å²) >= 11 is 7.70. The number of ether oxygens (including phenoxy) is 2. The van der Waals surface area contributed by atoms with E-state index in [-0.39, 0.29) is 5.97 Å². The molecule has 0 unspecified atom stereocenters. The van der Waals surface area contributed by atoms with E-state index in [9.17, 15) is 9.59 Å². The smallest absolute Gasteiger partial charge is 0.327 e. The van der Waals surface area contributed by atoms with Gasteiger partial charge in [-0.1, -0.05) is 29.8 Å². The fourth-order valence-corrected chi connectivity index (χ4v) is 4.23. The number of hydrogen-bond donors (Lipinski definition) is 0. The third kappa shape index (κ3) is 3.89. The largest absolute Gasteiger partial charge is 0.468 e. The van der Waals surface area contributed by atoms with Crippen LogP contribution in [0.3, 0.4) is 0 Å². The minimum Gasteiger partial charge on any atom is -0.468 e. The molecule has 0 N–H and O–H groups in total. The summed E-state index contributed by atoms with van der Waals surface area (Å²) in [6, 6.07) is 8.45. The van der Waals surface area contributed by atoms with Gasteiger partial charge in [0.25, 0.3) is 0 Å². The lowest BCUT2D eigenvalue weighted by atomic mass is 10.0. The highest BCUT2D eigenvalue weighted by molar-refractivity contribution is 7.14. The maximum atomic E-state index is 12.4. The second-order valence-electron chi connectivity index (χ2n) is 5.60. The minimum absolute atomic E-state index is 0.361. The average Bonchev–Trinajstić information content (AvgIpc) is 2.97. The van der Waals surface area contributed by atoms with Crippen LogP contribution in [-0.2, 0) is 22.5 Å². The van der Waals surface area contributed by atoms with E-state index in [1.54, 1.807) is 12.1 Å². The van der Waals surface area contributed by atoms with Crippen LogP contribution < -0.4 is 4.74 Å². The molecule has 0 saturated carbocycles. The van der Waals surface area contributed by atoms with Crippen LogP contribution in [0.25, 0.3) is 0 Å². The zero-order valence-electron chi connectivity index (χ0n) is 13.5. The van der Waals surface area contributed by atoms with E-state index in [1.807, 2.05) is 23.1 Å². The molecule has 1 aromatic heterocycles. The van der Waals surface area contributed by atoms with Crippen LogP contribution >= 0.6 is 22.9 Å². The molecule has 2 radical (unpaired) electrons. The predicted octanol–water partition coefficient (Wildman–Crippen LogP) is 3.34. The molecular formula is C17H15BClNO4S. The first-order valence-corrected chi connectivity index (χ1v) is 8.84. The van der Waals surface area contributed by atoms with Crippen LogP contribution in [0, 0.1) is 0 Å². The Morgan fingerprint density at radius 1 is 1.36 bits per heavy atom. The van der Waals surface area contributed by atoms with E-state index in [0.29, 0.717) is 28.7 Å². The summed E-state index contributed by atoms with van der Waals surface area (Å²) in [5, 5.41) is 0.985. The summed E-state index contributed by atoms with van der Waals surface area (Å²) in [6.07, 6.45) is 0.736. The minimum atomic E-state index is -0.834. The Kier molecular flexibility index (Phi) is 5.46. The van der Waals surface area contributed by atoms with Crippen molar-refractivity contribution < 1.29 is 19.1 Å². The molecule has 2 aromatic rings. The molecule has 3 rings (SSSR count). The molecule has 0 saturated heterocycles. The number of halogens is 1. The SMILES string of the molecule is [B]C(=O)Oc1cc2c(s1)CCN([C@H](C(=O)OC)c1ccccc1Cl)C2. The van der Waals surface area contributed by atoms with Crippen molar-refractivity contribution in [2.75, 3.05) is 13.7 Å². The first kappa shape index (κ1) is 18.0. The van der Waals surface area contributed by atoms with E-state index in [2.05, 4.69) is 0 Å². The third-order valence-electron chi connectivity index (χ3n) is 4.06. The Morgan fingerprint density at radius 3 is 2.80 bits per heavy atom. The van der Waals surface area contributed by atoms with Crippen LogP contribution in [0.2, 0.25) is 5.02 Å². The molecule has 0 aliphatic carbocycles. The van der Waals surface area contributed by atoms with Crippen LogP contribution in [-0.4, -0.2) is 38.2 Å². The van der Waals surface area contributed by atoms with Crippen LogP contribution in [0.1, 0.15) is 22.0 Å². The number of benzene rings is 1. The summed E-state index contributed by atoms with van der Waals surface area (Å²) in [4.78, 5) is 26.5. The zero-order chi connectivity index (χ0) is 18.0. The molecule has 0 amide bonds. The van der Waals surface area contributed by atoms with Gasteiger partial charge in [0.1, 0.15) is 6.04 Å². The Morgan fingerprint density at radius 2 is 2.12 bits per heavy atom. The normalized spacial score (nSPS) is 15.3. The summed E-state index contributed by atoms with van der Waals surface area (Å²) < 4.78 is 9.96. The van der Waals surface area contributed by atoms with Gasteiger partial charge in [-0.3, -0.25) is 9.69 Å². The summed E-state index contributed by atoms with van der Waals surface area (Å²) in [6.45, 7) is 1.19. The van der Waals surface area contributed by atoms with E-state index in [0.717, 1.165) is 16.9 Å². The topological polar surface area (TPSA) is 55.8 Å². The lowest BCUT2D eigenvalue weighted by molar-refractivity contribution is -0.147. The van der Waals surface area contributed by atoms with Crippen molar-refractivity contribution >= 4 is 42.6 Å². The van der Waals surface area contributed by atoms with E-state index in [4.69, 9.17) is 28.9 Å². The van der Waals surface area contributed by atoms with Gasteiger partial charge in [0.15, 0.2) is 5.06 Å². The van der Waals surface area contributed by atoms with Crippen LogP contribution in [0.4, 0.5) is 4.79 Å². The van der Waals surface area contributed by atoms with Crippen molar-refractivity contribution in [1.29, 1.82) is 0 Å². The molecular weight excluding hydrogens is 361 g/mol. The van der Waals surface area contributed by atoms with Crippen LogP contribution in [0.15, 0.2) is 30.3 Å². The van der Waals surface area contributed by atoms with Crippen molar-refractivity contribution in [3.05, 3.63) is 51.4 Å². The lowest BCUT2D eigenvalue weighted by Gasteiger charge is -2.33. The van der Waals surface area contributed by atoms with Gasteiger partial charge in [-0.15, -0.1) is 11.3 Å². The molecule has 1 aromatic carbocycles. The molecule has 128 valence electrons. The molecule has 0 fully saturated rings. The van der Waals surface area contributed by atoms with Crippen LogP contribution in [0.5, 0.6) is 5.06 Å². The first-order valence-electron chi connectivity index (χ1n) is 7.64. The fourth-order valence-electron chi connectivity index (χ4n) is 2.98. The first-order chi connectivity index (χ1) is 12.0. The van der Waals surface area contributed by atoms with Gasteiger partial charge >= 0.3 is 5.97 Å². The van der Waals surface area contributed by atoms with Crippen molar-refractivity contribution in [3.63, 3.8) is 0 Å². The number of methoxy groups -OCH3 is 1. The van der Waals surface area contributed by atoms with Gasteiger partial charge in [-0.05, 0) is 29.7 Å². The highest BCUT2D eigenvalue weighted by Crippen LogP contribution is 2.37. The highest BCUT2D eigenvalue weighted by Gasteiger charge is 2.33. The van der Waals surface area contributed by atoms with E-state index in [1.165, 1.54) is 18.4 Å².